The predicted octanol–water partition coefficient (Wildman–Crippen LogP) is 1.49. The Kier molecular flexibility index (Phi) is 2.83. The number of imidazole rings is 1. The molecule has 1 amide bonds. The van der Waals surface area contributed by atoms with E-state index in [0.29, 0.717) is 18.7 Å². The molecule has 6 heteroatoms. The van der Waals surface area contributed by atoms with Gasteiger partial charge in [0.2, 0.25) is 5.91 Å². The molecule has 0 fully saturated rings. The minimum Gasteiger partial charge on any atom is -0.397 e. The maximum atomic E-state index is 11.4. The molecule has 19 heavy (non-hydrogen) atoms. The molecular weight excluding hydrogens is 242 g/mol. The number of nitrogens with zero attached hydrogens (tertiary/aromatic N) is 1. The first-order valence-electron chi connectivity index (χ1n) is 6.16. The molecule has 0 aliphatic carbocycles. The summed E-state index contributed by atoms with van der Waals surface area (Å²) >= 11 is 0. The van der Waals surface area contributed by atoms with E-state index >= 15 is 0 Å². The van der Waals surface area contributed by atoms with E-state index in [4.69, 9.17) is 5.73 Å². The van der Waals surface area contributed by atoms with E-state index in [2.05, 4.69) is 20.6 Å². The second-order valence-electron chi connectivity index (χ2n) is 4.58. The number of amides is 1. The molecule has 0 bridgehead atoms. The highest BCUT2D eigenvalue weighted by molar-refractivity contribution is 5.95. The lowest BCUT2D eigenvalue weighted by atomic mass is 10.0. The molecule has 98 valence electrons. The van der Waals surface area contributed by atoms with Crippen molar-refractivity contribution in [2.24, 2.45) is 0 Å². The summed E-state index contributed by atoms with van der Waals surface area (Å²) < 4.78 is 0. The normalized spacial score (nSPS) is 13.8. The fraction of sp³-hybridized carbons (Fsp3) is 0.231. The van der Waals surface area contributed by atoms with E-state index in [9.17, 15) is 4.79 Å². The van der Waals surface area contributed by atoms with E-state index in [-0.39, 0.29) is 5.91 Å². The highest BCUT2D eigenvalue weighted by Crippen LogP contribution is 2.31. The number of nitrogens with two attached hydrogens (primary N) is 1. The third kappa shape index (κ3) is 2.37. The molecule has 0 saturated heterocycles. The van der Waals surface area contributed by atoms with Gasteiger partial charge < -0.3 is 21.4 Å². The van der Waals surface area contributed by atoms with Gasteiger partial charge in [-0.2, -0.15) is 0 Å². The van der Waals surface area contributed by atoms with Crippen LogP contribution in [0.2, 0.25) is 0 Å². The summed E-state index contributed by atoms with van der Waals surface area (Å²) in [7, 11) is 0. The predicted molar refractivity (Wildman–Crippen MR) is 73.7 cm³/mol. The monoisotopic (exact) mass is 257 g/mol. The molecule has 3 rings (SSSR count). The Morgan fingerprint density at radius 2 is 2.26 bits per heavy atom. The van der Waals surface area contributed by atoms with Crippen LogP contribution in [0.3, 0.4) is 0 Å². The van der Waals surface area contributed by atoms with Gasteiger partial charge in [-0.3, -0.25) is 4.79 Å². The summed E-state index contributed by atoms with van der Waals surface area (Å²) in [5, 5.41) is 6.10. The Morgan fingerprint density at radius 3 is 3.05 bits per heavy atom. The molecule has 0 atom stereocenters. The van der Waals surface area contributed by atoms with E-state index < -0.39 is 0 Å². The number of carbonyl (C=O) groups excluding carboxylic acids is 1. The number of H-pyrrole nitrogens is 1. The van der Waals surface area contributed by atoms with Gasteiger partial charge in [0.1, 0.15) is 0 Å². The van der Waals surface area contributed by atoms with E-state index in [1.165, 1.54) is 0 Å². The lowest BCUT2D eigenvalue weighted by molar-refractivity contribution is -0.116. The molecule has 1 aliphatic heterocycles. The number of nitrogen functional groups attached to an aromatic ring is 1. The minimum absolute atomic E-state index is 0.0526. The van der Waals surface area contributed by atoms with Gasteiger partial charge in [0, 0.05) is 18.3 Å². The van der Waals surface area contributed by atoms with E-state index in [1.807, 2.05) is 12.1 Å². The molecule has 1 aromatic carbocycles. The summed E-state index contributed by atoms with van der Waals surface area (Å²) in [6.45, 7) is 0.608. The van der Waals surface area contributed by atoms with Crippen molar-refractivity contribution >= 4 is 23.0 Å². The van der Waals surface area contributed by atoms with Gasteiger partial charge >= 0.3 is 0 Å². The number of aryl methyl sites for hydroxylation is 1. The van der Waals surface area contributed by atoms with Crippen molar-refractivity contribution in [3.8, 4) is 0 Å². The highest BCUT2D eigenvalue weighted by atomic mass is 16.1. The Balaban J connectivity index is 1.81. The minimum atomic E-state index is 0.0526. The lowest BCUT2D eigenvalue weighted by Crippen LogP contribution is -2.19. The number of hydrogen-bond donors (Lipinski definition) is 4. The van der Waals surface area contributed by atoms with Crippen LogP contribution in [0.15, 0.2) is 24.7 Å². The zero-order valence-electron chi connectivity index (χ0n) is 10.4. The van der Waals surface area contributed by atoms with Crippen LogP contribution in [-0.4, -0.2) is 15.9 Å². The van der Waals surface area contributed by atoms with Crippen molar-refractivity contribution in [2.75, 3.05) is 16.4 Å². The van der Waals surface area contributed by atoms with Crippen molar-refractivity contribution in [2.45, 2.75) is 19.4 Å². The second-order valence-corrected chi connectivity index (χ2v) is 4.58. The highest BCUT2D eigenvalue weighted by Gasteiger charge is 2.16. The third-order valence-electron chi connectivity index (χ3n) is 3.19. The summed E-state index contributed by atoms with van der Waals surface area (Å²) in [5.41, 5.74) is 10.4. The molecule has 0 saturated carbocycles. The molecule has 5 N–H and O–H groups in total. The van der Waals surface area contributed by atoms with Gasteiger partial charge in [0.05, 0.1) is 29.9 Å². The van der Waals surface area contributed by atoms with E-state index in [0.717, 1.165) is 29.1 Å². The van der Waals surface area contributed by atoms with Gasteiger partial charge in [-0.15, -0.1) is 0 Å². The smallest absolute Gasteiger partial charge is 0.224 e. The molecule has 2 aromatic rings. The van der Waals surface area contributed by atoms with Crippen LogP contribution in [0.4, 0.5) is 17.1 Å². The Hall–Kier alpha value is -2.50. The summed E-state index contributed by atoms with van der Waals surface area (Å²) in [5.74, 6) is 0.0526. The van der Waals surface area contributed by atoms with Crippen LogP contribution in [-0.2, 0) is 17.8 Å². The third-order valence-corrected chi connectivity index (χ3v) is 3.19. The van der Waals surface area contributed by atoms with E-state index in [1.54, 1.807) is 12.5 Å². The molecule has 0 unspecified atom stereocenters. The summed E-state index contributed by atoms with van der Waals surface area (Å²) in [6.07, 6.45) is 4.65. The first kappa shape index (κ1) is 11.6. The maximum absolute atomic E-state index is 11.4. The number of nitrogens with one attached hydrogen (secondary N) is 3. The van der Waals surface area contributed by atoms with Crippen molar-refractivity contribution in [3.05, 3.63) is 35.9 Å². The zero-order chi connectivity index (χ0) is 13.2. The number of benzene rings is 1. The summed E-state index contributed by atoms with van der Waals surface area (Å²) in [6, 6.07) is 3.81. The molecule has 1 aliphatic rings. The average molecular weight is 257 g/mol. The number of aromatic amines is 1. The molecule has 1 aromatic heterocycles. The van der Waals surface area contributed by atoms with Gasteiger partial charge in [0.15, 0.2) is 0 Å². The van der Waals surface area contributed by atoms with Gasteiger partial charge in [-0.05, 0) is 24.1 Å². The number of aromatic nitrogens is 2. The Bertz CT molecular complexity index is 606. The number of carbonyl (C=O) groups is 1. The van der Waals surface area contributed by atoms with Crippen molar-refractivity contribution in [1.82, 2.24) is 9.97 Å². The van der Waals surface area contributed by atoms with Crippen LogP contribution in [0.1, 0.15) is 17.7 Å². The van der Waals surface area contributed by atoms with Crippen LogP contribution in [0.5, 0.6) is 0 Å². The fourth-order valence-corrected chi connectivity index (χ4v) is 2.17. The largest absolute Gasteiger partial charge is 0.397 e. The molecule has 0 spiro atoms. The SMILES string of the molecule is Nc1cc2c(cc1NCc1cnc[nH]1)NC(=O)CC2. The first-order valence-corrected chi connectivity index (χ1v) is 6.16. The van der Waals surface area contributed by atoms with Crippen molar-refractivity contribution < 1.29 is 4.79 Å². The summed E-state index contributed by atoms with van der Waals surface area (Å²) in [4.78, 5) is 18.4. The Labute approximate surface area is 110 Å². The number of anilines is 3. The quantitative estimate of drug-likeness (QED) is 0.626. The van der Waals surface area contributed by atoms with Crippen LogP contribution in [0.25, 0.3) is 0 Å². The maximum Gasteiger partial charge on any atom is 0.224 e. The van der Waals surface area contributed by atoms with Gasteiger partial charge in [-0.25, -0.2) is 4.98 Å². The lowest BCUT2D eigenvalue weighted by Gasteiger charge is -2.19. The van der Waals surface area contributed by atoms with Crippen molar-refractivity contribution in [1.29, 1.82) is 0 Å². The first-order chi connectivity index (χ1) is 9.22. The molecule has 2 heterocycles. The van der Waals surface area contributed by atoms with Crippen LogP contribution in [0, 0.1) is 0 Å². The zero-order valence-corrected chi connectivity index (χ0v) is 10.4. The topological polar surface area (TPSA) is 95.8 Å². The molecular formula is C13H15N5O. The Morgan fingerprint density at radius 1 is 1.37 bits per heavy atom. The average Bonchev–Trinajstić information content (AvgIpc) is 2.90. The van der Waals surface area contributed by atoms with Crippen molar-refractivity contribution in [3.63, 3.8) is 0 Å². The number of hydrogen-bond acceptors (Lipinski definition) is 4. The number of rotatable bonds is 3. The van der Waals surface area contributed by atoms with Crippen LogP contribution < -0.4 is 16.4 Å². The molecule has 0 radical (unpaired) electrons. The van der Waals surface area contributed by atoms with Crippen LogP contribution >= 0.6 is 0 Å². The van der Waals surface area contributed by atoms with Gasteiger partial charge in [-0.1, -0.05) is 0 Å². The molecule has 6 nitrogen and oxygen atoms in total. The standard InChI is InChI=1S/C13H15N5O/c14-10-3-8-1-2-13(19)18-11(8)4-12(10)16-6-9-5-15-7-17-9/h3-5,7,16H,1-2,6,14H2,(H,15,17)(H,18,19). The second kappa shape index (κ2) is 4.64. The number of fused-ring (bicyclic) bond motifs is 1. The van der Waals surface area contributed by atoms with Gasteiger partial charge in [0.25, 0.3) is 0 Å². The fourth-order valence-electron chi connectivity index (χ4n) is 2.17.